The van der Waals surface area contributed by atoms with Crippen molar-refractivity contribution >= 4 is 5.91 Å². The van der Waals surface area contributed by atoms with Gasteiger partial charge in [-0.1, -0.05) is 37.6 Å². The molecule has 2 rings (SSSR count). The first kappa shape index (κ1) is 17.0. The summed E-state index contributed by atoms with van der Waals surface area (Å²) in [4.78, 5) is 14.4. The van der Waals surface area contributed by atoms with Gasteiger partial charge in [0, 0.05) is 19.1 Å². The van der Waals surface area contributed by atoms with Gasteiger partial charge in [-0.05, 0) is 49.7 Å². The fraction of sp³-hybridized carbons (Fsp3) is 0.632. The molecule has 1 heterocycles. The smallest absolute Gasteiger partial charge is 0.226 e. The van der Waals surface area contributed by atoms with Crippen molar-refractivity contribution in [2.75, 3.05) is 13.1 Å². The quantitative estimate of drug-likeness (QED) is 0.877. The van der Waals surface area contributed by atoms with Crippen LogP contribution in [0.2, 0.25) is 0 Å². The molecule has 1 aliphatic rings. The van der Waals surface area contributed by atoms with Crippen LogP contribution in [0.15, 0.2) is 24.3 Å². The summed E-state index contributed by atoms with van der Waals surface area (Å²) in [6.45, 7) is 6.00. The molecule has 0 aliphatic carbocycles. The van der Waals surface area contributed by atoms with E-state index < -0.39 is 0 Å². The zero-order valence-electron chi connectivity index (χ0n) is 14.1. The Balaban J connectivity index is 1.82. The third-order valence-corrected chi connectivity index (χ3v) is 4.83. The number of amides is 1. The molecule has 1 unspecified atom stereocenters. The minimum absolute atomic E-state index is 0.243. The SMILES string of the molecule is CCCCc1ccc(CC(=O)N2CCC(C(C)N)CC2)cc1. The van der Waals surface area contributed by atoms with E-state index in [4.69, 9.17) is 5.73 Å². The average Bonchev–Trinajstić information content (AvgIpc) is 2.54. The Morgan fingerprint density at radius 2 is 1.82 bits per heavy atom. The zero-order valence-corrected chi connectivity index (χ0v) is 14.1. The molecule has 1 atom stereocenters. The lowest BCUT2D eigenvalue weighted by Crippen LogP contribution is -2.43. The lowest BCUT2D eigenvalue weighted by Gasteiger charge is -2.33. The number of likely N-dealkylation sites (tertiary alicyclic amines) is 1. The molecule has 1 saturated heterocycles. The van der Waals surface area contributed by atoms with Crippen molar-refractivity contribution in [2.24, 2.45) is 11.7 Å². The maximum atomic E-state index is 12.4. The monoisotopic (exact) mass is 302 g/mol. The van der Waals surface area contributed by atoms with Crippen molar-refractivity contribution in [1.82, 2.24) is 4.90 Å². The number of piperidine rings is 1. The van der Waals surface area contributed by atoms with Gasteiger partial charge in [0.1, 0.15) is 0 Å². The number of benzene rings is 1. The van der Waals surface area contributed by atoms with Crippen LogP contribution in [0.3, 0.4) is 0 Å². The van der Waals surface area contributed by atoms with Gasteiger partial charge in [-0.3, -0.25) is 4.79 Å². The molecule has 1 aromatic rings. The van der Waals surface area contributed by atoms with E-state index in [0.717, 1.165) is 37.9 Å². The molecule has 22 heavy (non-hydrogen) atoms. The highest BCUT2D eigenvalue weighted by Gasteiger charge is 2.24. The second kappa shape index (κ2) is 8.33. The van der Waals surface area contributed by atoms with Crippen LogP contribution in [0.25, 0.3) is 0 Å². The molecule has 1 aliphatic heterocycles. The van der Waals surface area contributed by atoms with Crippen LogP contribution in [-0.2, 0) is 17.6 Å². The number of hydrogen-bond donors (Lipinski definition) is 1. The number of unbranched alkanes of at least 4 members (excludes halogenated alkanes) is 1. The van der Waals surface area contributed by atoms with E-state index in [9.17, 15) is 4.79 Å². The van der Waals surface area contributed by atoms with Gasteiger partial charge >= 0.3 is 0 Å². The summed E-state index contributed by atoms with van der Waals surface area (Å²) in [6, 6.07) is 8.80. The largest absolute Gasteiger partial charge is 0.342 e. The summed E-state index contributed by atoms with van der Waals surface area (Å²) in [5.74, 6) is 0.825. The molecule has 1 fully saturated rings. The van der Waals surface area contributed by atoms with E-state index in [-0.39, 0.29) is 11.9 Å². The second-order valence-electron chi connectivity index (χ2n) is 6.67. The molecule has 2 N–H and O–H groups in total. The number of carbonyl (C=O) groups is 1. The lowest BCUT2D eigenvalue weighted by molar-refractivity contribution is -0.131. The molecule has 1 amide bonds. The predicted molar refractivity (Wildman–Crippen MR) is 91.7 cm³/mol. The molecule has 122 valence electrons. The minimum Gasteiger partial charge on any atom is -0.342 e. The van der Waals surface area contributed by atoms with E-state index in [2.05, 4.69) is 38.1 Å². The van der Waals surface area contributed by atoms with Crippen LogP contribution in [-0.4, -0.2) is 29.9 Å². The highest BCUT2D eigenvalue weighted by Crippen LogP contribution is 2.20. The Kier molecular flexibility index (Phi) is 6.44. The minimum atomic E-state index is 0.243. The first-order valence-electron chi connectivity index (χ1n) is 8.71. The summed E-state index contributed by atoms with van der Waals surface area (Å²) < 4.78 is 0. The second-order valence-corrected chi connectivity index (χ2v) is 6.67. The maximum absolute atomic E-state index is 12.4. The van der Waals surface area contributed by atoms with Gasteiger partial charge in [-0.15, -0.1) is 0 Å². The van der Waals surface area contributed by atoms with E-state index in [1.807, 2.05) is 4.90 Å². The van der Waals surface area contributed by atoms with Crippen molar-refractivity contribution in [3.63, 3.8) is 0 Å². The molecule has 0 bridgehead atoms. The standard InChI is InChI=1S/C19H30N2O/c1-3-4-5-16-6-8-17(9-7-16)14-19(22)21-12-10-18(11-13-21)15(2)20/h6-9,15,18H,3-5,10-14,20H2,1-2H3. The van der Waals surface area contributed by atoms with Crippen molar-refractivity contribution in [3.8, 4) is 0 Å². The van der Waals surface area contributed by atoms with Gasteiger partial charge < -0.3 is 10.6 Å². The fourth-order valence-electron chi connectivity index (χ4n) is 3.17. The molecule has 3 nitrogen and oxygen atoms in total. The number of nitrogens with two attached hydrogens (primary N) is 1. The van der Waals surface area contributed by atoms with Crippen LogP contribution in [0.5, 0.6) is 0 Å². The van der Waals surface area contributed by atoms with E-state index in [1.54, 1.807) is 0 Å². The van der Waals surface area contributed by atoms with Crippen molar-refractivity contribution in [2.45, 2.75) is 58.4 Å². The lowest BCUT2D eigenvalue weighted by atomic mass is 9.90. The number of carbonyl (C=O) groups excluding carboxylic acids is 1. The maximum Gasteiger partial charge on any atom is 0.226 e. The molecular weight excluding hydrogens is 272 g/mol. The number of hydrogen-bond acceptors (Lipinski definition) is 2. The van der Waals surface area contributed by atoms with Gasteiger partial charge in [-0.25, -0.2) is 0 Å². The third kappa shape index (κ3) is 4.84. The Labute approximate surface area is 134 Å². The Bertz CT molecular complexity index is 459. The zero-order chi connectivity index (χ0) is 15.9. The predicted octanol–water partition coefficient (Wildman–Crippen LogP) is 3.16. The number of nitrogens with zero attached hydrogens (tertiary/aromatic N) is 1. The van der Waals surface area contributed by atoms with Crippen molar-refractivity contribution in [3.05, 3.63) is 35.4 Å². The van der Waals surface area contributed by atoms with Gasteiger partial charge in [0.05, 0.1) is 6.42 Å². The highest BCUT2D eigenvalue weighted by molar-refractivity contribution is 5.78. The van der Waals surface area contributed by atoms with Gasteiger partial charge in [0.15, 0.2) is 0 Å². The van der Waals surface area contributed by atoms with Gasteiger partial charge in [0.2, 0.25) is 5.91 Å². The molecule has 0 saturated carbocycles. The summed E-state index contributed by atoms with van der Waals surface area (Å²) in [5.41, 5.74) is 8.45. The summed E-state index contributed by atoms with van der Waals surface area (Å²) in [7, 11) is 0. The van der Waals surface area contributed by atoms with E-state index in [1.165, 1.54) is 18.4 Å². The molecule has 1 aromatic carbocycles. The van der Waals surface area contributed by atoms with Crippen molar-refractivity contribution in [1.29, 1.82) is 0 Å². The first-order valence-corrected chi connectivity index (χ1v) is 8.71. The van der Waals surface area contributed by atoms with Crippen LogP contribution in [0.4, 0.5) is 0 Å². The first-order chi connectivity index (χ1) is 10.6. The topological polar surface area (TPSA) is 46.3 Å². The molecule has 3 heteroatoms. The fourth-order valence-corrected chi connectivity index (χ4v) is 3.17. The van der Waals surface area contributed by atoms with E-state index in [0.29, 0.717) is 12.3 Å². The van der Waals surface area contributed by atoms with Crippen LogP contribution in [0.1, 0.15) is 50.7 Å². The normalized spacial score (nSPS) is 17.5. The van der Waals surface area contributed by atoms with Gasteiger partial charge in [-0.2, -0.15) is 0 Å². The molecule has 0 aromatic heterocycles. The summed E-state index contributed by atoms with van der Waals surface area (Å²) in [5, 5.41) is 0. The molecule has 0 spiro atoms. The Hall–Kier alpha value is -1.35. The number of aryl methyl sites for hydroxylation is 1. The van der Waals surface area contributed by atoms with Crippen LogP contribution >= 0.6 is 0 Å². The Morgan fingerprint density at radius 3 is 2.36 bits per heavy atom. The van der Waals surface area contributed by atoms with Crippen LogP contribution < -0.4 is 5.73 Å². The summed E-state index contributed by atoms with van der Waals surface area (Å²) >= 11 is 0. The molecule has 0 radical (unpaired) electrons. The van der Waals surface area contributed by atoms with Gasteiger partial charge in [0.25, 0.3) is 0 Å². The highest BCUT2D eigenvalue weighted by atomic mass is 16.2. The van der Waals surface area contributed by atoms with E-state index >= 15 is 0 Å². The average molecular weight is 302 g/mol. The Morgan fingerprint density at radius 1 is 1.23 bits per heavy atom. The molecular formula is C19H30N2O. The van der Waals surface area contributed by atoms with Crippen LogP contribution in [0, 0.1) is 5.92 Å². The van der Waals surface area contributed by atoms with Crippen molar-refractivity contribution < 1.29 is 4.79 Å². The number of rotatable bonds is 6. The summed E-state index contributed by atoms with van der Waals surface area (Å²) in [6.07, 6.45) is 6.19. The third-order valence-electron chi connectivity index (χ3n) is 4.83.